The third kappa shape index (κ3) is 20.6. The first kappa shape index (κ1) is 65.9. The van der Waals surface area contributed by atoms with Crippen molar-refractivity contribution in [3.63, 3.8) is 0 Å². The van der Waals surface area contributed by atoms with Crippen LogP contribution in [0.3, 0.4) is 0 Å². The molecule has 0 bridgehead atoms. The second kappa shape index (κ2) is 35.8. The molecule has 0 aliphatic carbocycles. The maximum absolute atomic E-state index is 13.3. The van der Waals surface area contributed by atoms with E-state index in [1.54, 1.807) is 11.2 Å². The Balaban J connectivity index is -0.00000102. The van der Waals surface area contributed by atoms with E-state index in [9.17, 15) is 43.8 Å². The van der Waals surface area contributed by atoms with Gasteiger partial charge in [-0.3, -0.25) is 33.7 Å². The topological polar surface area (TPSA) is 267 Å². The standard InChI is InChI=1S/C22H30N4O6.C14H24N4O4.2CH3I.CH4S.2CH4.K/c1-14(27)18(19(23)28)24-20(29)16-9-5-11-25(16)21(30)17-10-6-12-26(17)22(31)32-13-15-7-3-2-4-8-15;1-8(19)11(12(15)20)17-13(21)10-5-3-7-18(10)14(22)9-4-2-6-16-9;3*1-2;;;/h2-4,7-8,14,16-18,27H,5-6,9-13H2,1H3,(H2,23,28)(H,24,29);8-11,16,19H,2-7H2,1H3,(H2,15,20)(H,17,21);2*1H3;2H,1H3;2*1H4;/q;;;;;;;+1/p-1/t14-,16+,17+,18+;8-,9+,10+,11+;;;;;;/m11....../s1. The van der Waals surface area contributed by atoms with Crippen LogP contribution in [-0.4, -0.2) is 157 Å². The van der Waals surface area contributed by atoms with Crippen molar-refractivity contribution in [3.05, 3.63) is 35.9 Å². The SMILES string of the molecule is C.C.CI.CI.C[C@@H](O)[C@H](NC(=O)[C@@H]1CCCN1C(=O)[C@@H]1CCCN1)C(N)=O.C[C@@H](O)[C@H](NC(=O)[C@@H]1CCCN1C(=O)[C@@H]1CCCN1C(=O)OCc1ccccc1)C(N)=O.C[S-].[K+]. The Bertz CT molecular complexity index is 1540. The number of benzene rings is 1. The van der Waals surface area contributed by atoms with E-state index < -0.39 is 72.1 Å². The summed E-state index contributed by atoms with van der Waals surface area (Å²) in [6.45, 7) is 4.97. The molecule has 4 aliphatic rings. The Labute approximate surface area is 449 Å². The van der Waals surface area contributed by atoms with Gasteiger partial charge in [0.05, 0.1) is 18.2 Å². The molecule has 0 radical (unpaired) electrons. The van der Waals surface area contributed by atoms with Crippen LogP contribution in [0.5, 0.6) is 0 Å². The van der Waals surface area contributed by atoms with Crippen LogP contribution in [0.25, 0.3) is 0 Å². The van der Waals surface area contributed by atoms with Gasteiger partial charge in [0.25, 0.3) is 0 Å². The normalized spacial score (nSPS) is 21.2. The molecule has 18 nitrogen and oxygen atoms in total. The summed E-state index contributed by atoms with van der Waals surface area (Å²) in [5.41, 5.74) is 11.3. The summed E-state index contributed by atoms with van der Waals surface area (Å²) in [4.78, 5) is 94.6. The Morgan fingerprint density at radius 1 is 0.714 bits per heavy atom. The molecule has 63 heavy (non-hydrogen) atoms. The molecule has 5 rings (SSSR count). The average molecular weight is 1160 g/mol. The third-order valence-corrected chi connectivity index (χ3v) is 10.2. The first-order chi connectivity index (χ1) is 28.7. The van der Waals surface area contributed by atoms with Crippen LogP contribution >= 0.6 is 45.2 Å². The number of alkyl halides is 2. The van der Waals surface area contributed by atoms with Crippen LogP contribution in [-0.2, 0) is 52.7 Å². The Kier molecular flexibility index (Phi) is 37.4. The van der Waals surface area contributed by atoms with Crippen molar-refractivity contribution in [2.75, 3.05) is 42.3 Å². The van der Waals surface area contributed by atoms with E-state index in [2.05, 4.69) is 73.8 Å². The summed E-state index contributed by atoms with van der Waals surface area (Å²) in [6.07, 6.45) is 3.99. The van der Waals surface area contributed by atoms with E-state index in [0.717, 1.165) is 31.4 Å². The second-order valence-electron chi connectivity index (χ2n) is 14.2. The zero-order chi connectivity index (χ0) is 45.5. The van der Waals surface area contributed by atoms with Gasteiger partial charge in [0.1, 0.15) is 36.8 Å². The molecular weight excluding hydrogens is 1090 g/mol. The van der Waals surface area contributed by atoms with Gasteiger partial charge >= 0.3 is 57.5 Å². The molecule has 4 fully saturated rings. The van der Waals surface area contributed by atoms with Gasteiger partial charge in [-0.25, -0.2) is 4.79 Å². The number of aliphatic hydroxyl groups is 2. The van der Waals surface area contributed by atoms with Crippen LogP contribution in [0, 0.1) is 0 Å². The van der Waals surface area contributed by atoms with E-state index in [1.165, 1.54) is 23.6 Å². The van der Waals surface area contributed by atoms with E-state index in [0.29, 0.717) is 51.7 Å². The maximum atomic E-state index is 13.3. The number of halogens is 2. The molecule has 4 heterocycles. The second-order valence-corrected chi connectivity index (χ2v) is 14.2. The zero-order valence-electron chi connectivity index (χ0n) is 36.0. The molecule has 0 unspecified atom stereocenters. The molecule has 1 aromatic carbocycles. The summed E-state index contributed by atoms with van der Waals surface area (Å²) in [6, 6.07) is 4.57. The number of likely N-dealkylation sites (tertiary alicyclic amines) is 3. The predicted octanol–water partition coefficient (Wildman–Crippen LogP) is -1.25. The van der Waals surface area contributed by atoms with Gasteiger partial charge in [-0.1, -0.05) is 90.4 Å². The minimum Gasteiger partial charge on any atom is -0.796 e. The monoisotopic (exact) mass is 1160 g/mol. The van der Waals surface area contributed by atoms with Crippen molar-refractivity contribution >= 4 is 99.3 Å². The van der Waals surface area contributed by atoms with E-state index in [-0.39, 0.29) is 90.7 Å². The van der Waals surface area contributed by atoms with Gasteiger partial charge in [0.15, 0.2) is 0 Å². The number of hydrogen-bond donors (Lipinski definition) is 7. The fourth-order valence-corrected chi connectivity index (χ4v) is 7.30. The van der Waals surface area contributed by atoms with Crippen molar-refractivity contribution < 1.29 is 99.9 Å². The molecule has 8 atom stereocenters. The van der Waals surface area contributed by atoms with E-state index in [1.807, 2.05) is 40.2 Å². The summed E-state index contributed by atoms with van der Waals surface area (Å²) in [7, 11) is 0. The smallest absolute Gasteiger partial charge is 0.796 e. The van der Waals surface area contributed by atoms with Gasteiger partial charge in [-0.05, 0) is 87.2 Å². The molecule has 4 aliphatic heterocycles. The van der Waals surface area contributed by atoms with Crippen LogP contribution in [0.1, 0.15) is 85.6 Å². The summed E-state index contributed by atoms with van der Waals surface area (Å²) >= 11 is 8.38. The minimum absolute atomic E-state index is 0. The van der Waals surface area contributed by atoms with Crippen molar-refractivity contribution in [2.45, 2.75) is 135 Å². The molecule has 356 valence electrons. The first-order valence-corrected chi connectivity index (χ1v) is 24.9. The number of ether oxygens (including phenoxy) is 1. The molecule has 1 aromatic rings. The number of carbonyl (C=O) groups excluding carboxylic acids is 7. The van der Waals surface area contributed by atoms with Crippen LogP contribution in [0.15, 0.2) is 30.3 Å². The number of amides is 7. The molecular formula is C41H71I2KN8O10S. The number of hydrogen-bond acceptors (Lipinski definition) is 12. The van der Waals surface area contributed by atoms with Gasteiger partial charge in [-0.2, -0.15) is 6.26 Å². The molecule has 0 aromatic heterocycles. The summed E-state index contributed by atoms with van der Waals surface area (Å²) < 4.78 is 5.39. The number of nitrogens with one attached hydrogen (secondary N) is 3. The molecule has 22 heteroatoms. The quantitative estimate of drug-likeness (QED) is 0.0561. The summed E-state index contributed by atoms with van der Waals surface area (Å²) in [5, 5.41) is 27.2. The maximum Gasteiger partial charge on any atom is 1.00 e. The third-order valence-electron chi connectivity index (χ3n) is 10.2. The number of carbonyl (C=O) groups is 7. The minimum atomic E-state index is -1.24. The van der Waals surface area contributed by atoms with Crippen LogP contribution < -0.4 is 78.8 Å². The Morgan fingerprint density at radius 3 is 1.52 bits per heavy atom. The molecule has 0 saturated carbocycles. The molecule has 7 amide bonds. The summed E-state index contributed by atoms with van der Waals surface area (Å²) in [5.74, 6) is -3.01. The zero-order valence-corrected chi connectivity index (χ0v) is 44.3. The van der Waals surface area contributed by atoms with Crippen molar-refractivity contribution in [3.8, 4) is 0 Å². The van der Waals surface area contributed by atoms with Crippen molar-refractivity contribution in [1.29, 1.82) is 0 Å². The van der Waals surface area contributed by atoms with Crippen LogP contribution in [0.4, 0.5) is 4.79 Å². The first-order valence-electron chi connectivity index (χ1n) is 19.7. The predicted molar refractivity (Wildman–Crippen MR) is 259 cm³/mol. The molecule has 9 N–H and O–H groups in total. The fraction of sp³-hybridized carbons (Fsp3) is 0.683. The molecule has 0 spiro atoms. The number of primary amides is 2. The van der Waals surface area contributed by atoms with Gasteiger partial charge in [-0.15, -0.1) is 0 Å². The number of nitrogens with two attached hydrogens (primary N) is 2. The largest absolute Gasteiger partial charge is 1.00 e. The van der Waals surface area contributed by atoms with E-state index >= 15 is 0 Å². The average Bonchev–Trinajstić information content (AvgIpc) is 4.10. The number of aliphatic hydroxyl groups excluding tert-OH is 2. The van der Waals surface area contributed by atoms with Gasteiger partial charge in [0.2, 0.25) is 35.4 Å². The van der Waals surface area contributed by atoms with Crippen molar-refractivity contribution in [1.82, 2.24) is 30.7 Å². The molecule has 4 saturated heterocycles. The fourth-order valence-electron chi connectivity index (χ4n) is 7.30. The van der Waals surface area contributed by atoms with Crippen LogP contribution in [0.2, 0.25) is 0 Å². The van der Waals surface area contributed by atoms with Crippen molar-refractivity contribution in [2.24, 2.45) is 11.5 Å². The number of nitrogens with zero attached hydrogens (tertiary/aromatic N) is 3. The van der Waals surface area contributed by atoms with Gasteiger partial charge in [0, 0.05) is 19.6 Å². The Hall–Kier alpha value is -1.36. The van der Waals surface area contributed by atoms with Gasteiger partial charge < -0.3 is 64.8 Å². The Morgan fingerprint density at radius 2 is 1.13 bits per heavy atom. The number of rotatable bonds is 12. The van der Waals surface area contributed by atoms with E-state index in [4.69, 9.17) is 16.2 Å².